The molecule has 1 aliphatic heterocycles. The Kier molecular flexibility index (Phi) is 6.01. The van der Waals surface area contributed by atoms with Gasteiger partial charge in [-0.1, -0.05) is 6.58 Å². The fraction of sp³-hybridized carbons (Fsp3) is 0.240. The van der Waals surface area contributed by atoms with Gasteiger partial charge >= 0.3 is 0 Å². The van der Waals surface area contributed by atoms with Crippen molar-refractivity contribution in [2.75, 3.05) is 25.9 Å². The lowest BCUT2D eigenvalue weighted by Gasteiger charge is -2.31. The molecule has 4 aromatic heterocycles. The molecule has 0 bridgehead atoms. The number of piperidine rings is 1. The molecule has 2 N–H and O–H groups in total. The average molecular weight is 472 g/mol. The van der Waals surface area contributed by atoms with Crippen molar-refractivity contribution >= 4 is 17.4 Å². The first kappa shape index (κ1) is 22.3. The highest BCUT2D eigenvalue weighted by Gasteiger charge is 2.28. The Morgan fingerprint density at radius 2 is 2.03 bits per heavy atom. The van der Waals surface area contributed by atoms with Crippen LogP contribution in [0.2, 0.25) is 0 Å². The Hall–Kier alpha value is -4.47. The third-order valence-electron chi connectivity index (χ3n) is 6.05. The molecule has 178 valence electrons. The molecule has 1 amide bonds. The molecule has 5 rings (SSSR count). The topological polar surface area (TPSA) is 121 Å². The molecule has 5 heterocycles. The van der Waals surface area contributed by atoms with Gasteiger partial charge in [0.2, 0.25) is 23.6 Å². The largest absolute Gasteiger partial charge is 0.497 e. The highest BCUT2D eigenvalue weighted by molar-refractivity contribution is 5.87. The summed E-state index contributed by atoms with van der Waals surface area (Å²) in [4.78, 5) is 31.9. The van der Waals surface area contributed by atoms with Crippen molar-refractivity contribution in [3.8, 4) is 28.9 Å². The molecule has 1 saturated heterocycles. The number of methoxy groups -OCH3 is 1. The second-order valence-corrected chi connectivity index (χ2v) is 8.19. The van der Waals surface area contributed by atoms with Gasteiger partial charge in [-0.25, -0.2) is 19.9 Å². The summed E-state index contributed by atoms with van der Waals surface area (Å²) in [5, 5.41) is 0. The third-order valence-corrected chi connectivity index (χ3v) is 6.05. The third kappa shape index (κ3) is 4.37. The molecular weight excluding hydrogens is 446 g/mol. The van der Waals surface area contributed by atoms with Gasteiger partial charge in [-0.05, 0) is 37.1 Å². The number of likely N-dealkylation sites (tertiary alicyclic amines) is 1. The number of ether oxygens (including phenoxy) is 2. The number of nitrogens with zero attached hydrogens (tertiary/aromatic N) is 6. The van der Waals surface area contributed by atoms with Crippen molar-refractivity contribution in [1.82, 2.24) is 29.2 Å². The second-order valence-electron chi connectivity index (χ2n) is 8.19. The number of imidazole rings is 1. The van der Waals surface area contributed by atoms with E-state index in [1.54, 1.807) is 43.9 Å². The SMILES string of the molecule is C=CC(=O)N1CCCC(c2nc(-c3ccc(Oc4cc(OC)ccn4)nc3)n3c(N)nccc23)C1. The van der Waals surface area contributed by atoms with Crippen LogP contribution >= 0.6 is 0 Å². The summed E-state index contributed by atoms with van der Waals surface area (Å²) in [5.41, 5.74) is 8.77. The quantitative estimate of drug-likeness (QED) is 0.425. The van der Waals surface area contributed by atoms with E-state index >= 15 is 0 Å². The van der Waals surface area contributed by atoms with E-state index in [0.717, 1.165) is 36.2 Å². The van der Waals surface area contributed by atoms with Crippen LogP contribution < -0.4 is 15.2 Å². The van der Waals surface area contributed by atoms with Crippen molar-refractivity contribution in [3.63, 3.8) is 0 Å². The number of rotatable bonds is 6. The minimum atomic E-state index is -0.0649. The van der Waals surface area contributed by atoms with Gasteiger partial charge in [-0.3, -0.25) is 9.20 Å². The van der Waals surface area contributed by atoms with Crippen molar-refractivity contribution in [2.24, 2.45) is 0 Å². The fourth-order valence-electron chi connectivity index (χ4n) is 4.36. The van der Waals surface area contributed by atoms with Crippen LogP contribution in [-0.2, 0) is 4.79 Å². The summed E-state index contributed by atoms with van der Waals surface area (Å²) in [6.07, 6.45) is 8.13. The average Bonchev–Trinajstić information content (AvgIpc) is 3.30. The number of pyridine rings is 2. The second kappa shape index (κ2) is 9.41. The van der Waals surface area contributed by atoms with Crippen LogP contribution in [0.3, 0.4) is 0 Å². The molecular formula is C25H25N7O3. The normalized spacial score (nSPS) is 15.7. The Labute approximate surface area is 202 Å². The fourth-order valence-corrected chi connectivity index (χ4v) is 4.36. The first-order valence-corrected chi connectivity index (χ1v) is 11.3. The van der Waals surface area contributed by atoms with Crippen LogP contribution in [-0.4, -0.2) is 55.3 Å². The van der Waals surface area contributed by atoms with E-state index in [2.05, 4.69) is 21.5 Å². The van der Waals surface area contributed by atoms with E-state index in [9.17, 15) is 4.79 Å². The van der Waals surface area contributed by atoms with Crippen molar-refractivity contribution in [2.45, 2.75) is 18.8 Å². The summed E-state index contributed by atoms with van der Waals surface area (Å²) >= 11 is 0. The summed E-state index contributed by atoms with van der Waals surface area (Å²) in [7, 11) is 1.58. The maximum atomic E-state index is 12.2. The number of fused-ring (bicyclic) bond motifs is 1. The zero-order chi connectivity index (χ0) is 24.4. The molecule has 1 fully saturated rings. The van der Waals surface area contributed by atoms with Crippen LogP contribution in [0.25, 0.3) is 16.9 Å². The Morgan fingerprint density at radius 3 is 2.80 bits per heavy atom. The van der Waals surface area contributed by atoms with Crippen molar-refractivity contribution in [3.05, 3.63) is 67.3 Å². The first-order valence-electron chi connectivity index (χ1n) is 11.3. The summed E-state index contributed by atoms with van der Waals surface area (Å²) in [5.74, 6) is 2.37. The minimum Gasteiger partial charge on any atom is -0.497 e. The van der Waals surface area contributed by atoms with E-state index in [4.69, 9.17) is 20.2 Å². The lowest BCUT2D eigenvalue weighted by Crippen LogP contribution is -2.38. The molecule has 0 aromatic carbocycles. The summed E-state index contributed by atoms with van der Waals surface area (Å²) < 4.78 is 12.8. The summed E-state index contributed by atoms with van der Waals surface area (Å²) in [6, 6.07) is 8.93. The van der Waals surface area contributed by atoms with Crippen molar-refractivity contribution < 1.29 is 14.3 Å². The number of anilines is 1. The minimum absolute atomic E-state index is 0.0649. The van der Waals surface area contributed by atoms with Gasteiger partial charge in [0.25, 0.3) is 0 Å². The van der Waals surface area contributed by atoms with E-state index in [-0.39, 0.29) is 11.8 Å². The molecule has 0 aliphatic carbocycles. The van der Waals surface area contributed by atoms with Crippen LogP contribution in [0.5, 0.6) is 17.5 Å². The van der Waals surface area contributed by atoms with Crippen LogP contribution in [0.15, 0.2) is 61.6 Å². The van der Waals surface area contributed by atoms with E-state index in [1.165, 1.54) is 6.08 Å². The van der Waals surface area contributed by atoms with Gasteiger partial charge < -0.3 is 20.1 Å². The van der Waals surface area contributed by atoms with E-state index < -0.39 is 0 Å². The first-order chi connectivity index (χ1) is 17.1. The molecule has 1 aliphatic rings. The molecule has 10 nitrogen and oxygen atoms in total. The number of nitrogen functional groups attached to an aromatic ring is 1. The highest BCUT2D eigenvalue weighted by atomic mass is 16.5. The van der Waals surface area contributed by atoms with Crippen LogP contribution in [0, 0.1) is 0 Å². The van der Waals surface area contributed by atoms with Crippen LogP contribution in [0.4, 0.5) is 5.95 Å². The molecule has 0 saturated carbocycles. The zero-order valence-corrected chi connectivity index (χ0v) is 19.3. The Bertz CT molecular complexity index is 1380. The van der Waals surface area contributed by atoms with E-state index in [1.807, 2.05) is 21.4 Å². The predicted molar refractivity (Wildman–Crippen MR) is 130 cm³/mol. The van der Waals surface area contributed by atoms with Gasteiger partial charge in [0.05, 0.1) is 18.3 Å². The summed E-state index contributed by atoms with van der Waals surface area (Å²) in [6.45, 7) is 4.92. The monoisotopic (exact) mass is 471 g/mol. The maximum Gasteiger partial charge on any atom is 0.245 e. The van der Waals surface area contributed by atoms with E-state index in [0.29, 0.717) is 35.8 Å². The number of carbonyl (C=O) groups is 1. The number of hydrogen-bond donors (Lipinski definition) is 1. The standard InChI is InChI=1S/C25H25N7O3/c1-3-22(33)31-12-4-5-17(15-31)23-19-9-11-28-25(26)32(19)24(30-23)16-6-7-20(29-14-16)35-21-13-18(34-2)8-10-27-21/h3,6-11,13-14,17H,1,4-5,12,15H2,2H3,(H2,26,28). The zero-order valence-electron chi connectivity index (χ0n) is 19.3. The number of carbonyl (C=O) groups excluding carboxylic acids is 1. The molecule has 1 unspecified atom stereocenters. The molecule has 0 radical (unpaired) electrons. The number of amides is 1. The van der Waals surface area contributed by atoms with Crippen molar-refractivity contribution in [1.29, 1.82) is 0 Å². The van der Waals surface area contributed by atoms with Gasteiger partial charge in [0, 0.05) is 55.3 Å². The molecule has 35 heavy (non-hydrogen) atoms. The highest BCUT2D eigenvalue weighted by Crippen LogP contribution is 2.34. The molecule has 4 aromatic rings. The number of hydrogen-bond acceptors (Lipinski definition) is 8. The maximum absolute atomic E-state index is 12.2. The lowest BCUT2D eigenvalue weighted by molar-refractivity contribution is -0.127. The predicted octanol–water partition coefficient (Wildman–Crippen LogP) is 3.46. The van der Waals surface area contributed by atoms with Gasteiger partial charge in [-0.2, -0.15) is 0 Å². The molecule has 1 atom stereocenters. The smallest absolute Gasteiger partial charge is 0.245 e. The van der Waals surface area contributed by atoms with Gasteiger partial charge in [0.15, 0.2) is 0 Å². The molecule has 10 heteroatoms. The van der Waals surface area contributed by atoms with Crippen LogP contribution in [0.1, 0.15) is 24.5 Å². The number of aromatic nitrogens is 5. The number of nitrogens with two attached hydrogens (primary N) is 1. The Balaban J connectivity index is 1.47. The van der Waals surface area contributed by atoms with Gasteiger partial charge in [-0.15, -0.1) is 0 Å². The Morgan fingerprint density at radius 1 is 1.17 bits per heavy atom. The van der Waals surface area contributed by atoms with Gasteiger partial charge in [0.1, 0.15) is 11.6 Å². The lowest BCUT2D eigenvalue weighted by atomic mass is 9.94. The molecule has 0 spiro atoms.